The molecule has 6 heteroatoms. The average Bonchev–Trinajstić information content (AvgIpc) is 2.21. The minimum Gasteiger partial charge on any atom is -0.462 e. The Labute approximate surface area is 89.6 Å². The molecular formula is C10H9F4O2. The molecule has 0 aromatic heterocycles. The van der Waals surface area contributed by atoms with E-state index in [9.17, 15) is 22.4 Å². The van der Waals surface area contributed by atoms with Gasteiger partial charge in [0.1, 0.15) is 18.3 Å². The number of alkyl halides is 1. The van der Waals surface area contributed by atoms with Crippen molar-refractivity contribution in [2.45, 2.75) is 12.6 Å². The van der Waals surface area contributed by atoms with Crippen LogP contribution in [0.2, 0.25) is 0 Å². The summed E-state index contributed by atoms with van der Waals surface area (Å²) in [4.78, 5) is 10.4. The maximum Gasteiger partial charge on any atom is 0.302 e. The molecule has 0 saturated heterocycles. The molecule has 1 aliphatic carbocycles. The van der Waals surface area contributed by atoms with Crippen LogP contribution in [0.15, 0.2) is 23.6 Å². The smallest absolute Gasteiger partial charge is 0.302 e. The largest absolute Gasteiger partial charge is 0.462 e. The van der Waals surface area contributed by atoms with E-state index in [1.165, 1.54) is 0 Å². The highest BCUT2D eigenvalue weighted by atomic mass is 19.2. The van der Waals surface area contributed by atoms with Gasteiger partial charge in [-0.3, -0.25) is 4.79 Å². The van der Waals surface area contributed by atoms with E-state index in [0.29, 0.717) is 6.08 Å². The van der Waals surface area contributed by atoms with Crippen LogP contribution in [0, 0.1) is 12.8 Å². The average molecular weight is 237 g/mol. The third kappa shape index (κ3) is 2.10. The third-order valence-electron chi connectivity index (χ3n) is 2.08. The number of hydrogen-bond donors (Lipinski definition) is 0. The SMILES string of the molecule is [CH2]C1C=C(F)C(F)(COC(C)=O)C(F)=C1F. The van der Waals surface area contributed by atoms with Crippen molar-refractivity contribution >= 4 is 5.97 Å². The Balaban J connectivity index is 3.01. The highest BCUT2D eigenvalue weighted by molar-refractivity contribution is 5.66. The molecule has 2 nitrogen and oxygen atoms in total. The van der Waals surface area contributed by atoms with Crippen LogP contribution in [0.5, 0.6) is 0 Å². The number of esters is 1. The predicted molar refractivity (Wildman–Crippen MR) is 47.8 cm³/mol. The molecular weight excluding hydrogens is 228 g/mol. The zero-order chi connectivity index (χ0) is 12.5. The molecule has 16 heavy (non-hydrogen) atoms. The molecule has 0 saturated carbocycles. The van der Waals surface area contributed by atoms with Gasteiger partial charge >= 0.3 is 5.97 Å². The molecule has 89 valence electrons. The summed E-state index contributed by atoms with van der Waals surface area (Å²) in [6.07, 6.45) is 0.502. The first-order chi connectivity index (χ1) is 7.29. The van der Waals surface area contributed by atoms with Gasteiger partial charge in [-0.15, -0.1) is 0 Å². The van der Waals surface area contributed by atoms with Crippen LogP contribution in [0.1, 0.15) is 6.92 Å². The monoisotopic (exact) mass is 237 g/mol. The van der Waals surface area contributed by atoms with E-state index in [1.807, 2.05) is 0 Å². The van der Waals surface area contributed by atoms with Gasteiger partial charge in [-0.2, -0.15) is 0 Å². The molecule has 0 bridgehead atoms. The summed E-state index contributed by atoms with van der Waals surface area (Å²) in [5.74, 6) is -7.33. The fraction of sp³-hybridized carbons (Fsp3) is 0.400. The van der Waals surface area contributed by atoms with Crippen molar-refractivity contribution < 1.29 is 27.1 Å². The molecule has 0 aliphatic heterocycles. The zero-order valence-electron chi connectivity index (χ0n) is 8.40. The van der Waals surface area contributed by atoms with Crippen LogP contribution >= 0.6 is 0 Å². The van der Waals surface area contributed by atoms with Crippen molar-refractivity contribution in [3.63, 3.8) is 0 Å². The summed E-state index contributed by atoms with van der Waals surface area (Å²) < 4.78 is 57.3. The molecule has 2 unspecified atom stereocenters. The van der Waals surface area contributed by atoms with E-state index < -0.39 is 41.6 Å². The van der Waals surface area contributed by atoms with Gasteiger partial charge in [0.05, 0.1) is 0 Å². The second-order valence-corrected chi connectivity index (χ2v) is 3.36. The number of carbonyl (C=O) groups excluding carboxylic acids is 1. The standard InChI is InChI=1S/C10H9F4O2/c1-5-3-7(11)10(14,4-16-6(2)15)9(13)8(5)12/h3,5H,1,4H2,2H3. The topological polar surface area (TPSA) is 26.3 Å². The Morgan fingerprint density at radius 2 is 2.12 bits per heavy atom. The minimum atomic E-state index is -3.37. The van der Waals surface area contributed by atoms with Gasteiger partial charge in [0.25, 0.3) is 0 Å². The van der Waals surface area contributed by atoms with Crippen LogP contribution in [0.3, 0.4) is 0 Å². The first-order valence-electron chi connectivity index (χ1n) is 4.38. The highest BCUT2D eigenvalue weighted by Crippen LogP contribution is 2.42. The van der Waals surface area contributed by atoms with Crippen molar-refractivity contribution in [3.8, 4) is 0 Å². The summed E-state index contributed by atoms with van der Waals surface area (Å²) in [7, 11) is 0. The van der Waals surface area contributed by atoms with Crippen LogP contribution in [-0.2, 0) is 9.53 Å². The normalized spacial score (nSPS) is 30.1. The number of hydrogen-bond acceptors (Lipinski definition) is 2. The van der Waals surface area contributed by atoms with E-state index in [2.05, 4.69) is 11.7 Å². The van der Waals surface area contributed by atoms with E-state index in [0.717, 1.165) is 6.92 Å². The molecule has 0 fully saturated rings. The van der Waals surface area contributed by atoms with Gasteiger partial charge in [0.15, 0.2) is 5.83 Å². The lowest BCUT2D eigenvalue weighted by molar-refractivity contribution is -0.144. The molecule has 0 aromatic rings. The zero-order valence-corrected chi connectivity index (χ0v) is 8.40. The minimum absolute atomic E-state index is 0.502. The van der Waals surface area contributed by atoms with Crippen molar-refractivity contribution in [1.29, 1.82) is 0 Å². The maximum absolute atomic E-state index is 13.7. The van der Waals surface area contributed by atoms with E-state index in [1.54, 1.807) is 0 Å². The third-order valence-corrected chi connectivity index (χ3v) is 2.08. The van der Waals surface area contributed by atoms with Gasteiger partial charge in [0, 0.05) is 12.8 Å². The Kier molecular flexibility index (Phi) is 3.40. The van der Waals surface area contributed by atoms with Crippen LogP contribution < -0.4 is 0 Å². The maximum atomic E-state index is 13.7. The lowest BCUT2D eigenvalue weighted by atomic mass is 9.92. The van der Waals surface area contributed by atoms with Crippen LogP contribution in [-0.4, -0.2) is 18.2 Å². The van der Waals surface area contributed by atoms with E-state index in [-0.39, 0.29) is 0 Å². The number of allylic oxidation sites excluding steroid dienone is 2. The Morgan fingerprint density at radius 3 is 2.62 bits per heavy atom. The van der Waals surface area contributed by atoms with E-state index >= 15 is 0 Å². The lowest BCUT2D eigenvalue weighted by Gasteiger charge is -2.26. The predicted octanol–water partition coefficient (Wildman–Crippen LogP) is 2.73. The van der Waals surface area contributed by atoms with Gasteiger partial charge in [0.2, 0.25) is 5.67 Å². The Hall–Kier alpha value is -1.33. The van der Waals surface area contributed by atoms with Crippen molar-refractivity contribution in [1.82, 2.24) is 0 Å². The fourth-order valence-corrected chi connectivity index (χ4v) is 1.17. The van der Waals surface area contributed by atoms with Gasteiger partial charge < -0.3 is 4.74 Å². The molecule has 1 aliphatic rings. The second kappa shape index (κ2) is 4.27. The molecule has 1 rings (SSSR count). The Bertz CT molecular complexity index is 375. The summed E-state index contributed by atoms with van der Waals surface area (Å²) in [6, 6.07) is 0. The first kappa shape index (κ1) is 12.7. The van der Waals surface area contributed by atoms with Crippen molar-refractivity contribution in [3.05, 3.63) is 30.5 Å². The van der Waals surface area contributed by atoms with Crippen LogP contribution in [0.4, 0.5) is 17.6 Å². The summed E-state index contributed by atoms with van der Waals surface area (Å²) in [6.45, 7) is 2.78. The number of rotatable bonds is 2. The fourth-order valence-electron chi connectivity index (χ4n) is 1.17. The summed E-state index contributed by atoms with van der Waals surface area (Å²) >= 11 is 0. The Morgan fingerprint density at radius 1 is 1.56 bits per heavy atom. The molecule has 0 spiro atoms. The number of carbonyl (C=O) groups is 1. The molecule has 2 atom stereocenters. The van der Waals surface area contributed by atoms with Gasteiger partial charge in [-0.25, -0.2) is 17.6 Å². The molecule has 0 aromatic carbocycles. The summed E-state index contributed by atoms with van der Waals surface area (Å²) in [5, 5.41) is 0. The molecule has 0 amide bonds. The molecule has 0 heterocycles. The van der Waals surface area contributed by atoms with Gasteiger partial charge in [-0.1, -0.05) is 0 Å². The van der Waals surface area contributed by atoms with Crippen LogP contribution in [0.25, 0.3) is 0 Å². The second-order valence-electron chi connectivity index (χ2n) is 3.36. The molecule has 1 radical (unpaired) electrons. The van der Waals surface area contributed by atoms with Crippen molar-refractivity contribution in [2.75, 3.05) is 6.61 Å². The summed E-state index contributed by atoms with van der Waals surface area (Å²) in [5.41, 5.74) is -3.37. The highest BCUT2D eigenvalue weighted by Gasteiger charge is 2.47. The lowest BCUT2D eigenvalue weighted by Crippen LogP contribution is -2.35. The number of halogens is 4. The van der Waals surface area contributed by atoms with Crippen molar-refractivity contribution in [2.24, 2.45) is 5.92 Å². The quantitative estimate of drug-likeness (QED) is 0.545. The first-order valence-corrected chi connectivity index (χ1v) is 4.38. The molecule has 0 N–H and O–H groups in total. The van der Waals surface area contributed by atoms with Gasteiger partial charge in [-0.05, 0) is 13.0 Å². The van der Waals surface area contributed by atoms with E-state index in [4.69, 9.17) is 0 Å². The number of ether oxygens (including phenoxy) is 1.